The molecule has 0 aliphatic heterocycles. The van der Waals surface area contributed by atoms with Gasteiger partial charge in [0, 0.05) is 5.02 Å². The fourth-order valence-electron chi connectivity index (χ4n) is 0.841. The highest BCUT2D eigenvalue weighted by Crippen LogP contribution is 2.28. The molecule has 0 unspecified atom stereocenters. The molecule has 0 atom stereocenters. The van der Waals surface area contributed by atoms with Gasteiger partial charge in [0.15, 0.2) is 0 Å². The molecular weight excluding hydrogens is 219 g/mol. The van der Waals surface area contributed by atoms with E-state index in [0.717, 1.165) is 6.07 Å². The molecule has 0 saturated heterocycles. The Bertz CT molecular complexity index is 416. The smallest absolute Gasteiger partial charge is 0.335 e. The van der Waals surface area contributed by atoms with Crippen molar-refractivity contribution in [3.63, 3.8) is 0 Å². The number of hydrogen-bond donors (Lipinski definition) is 0. The zero-order valence-corrected chi connectivity index (χ0v) is 8.19. The van der Waals surface area contributed by atoms with Crippen LogP contribution in [0.5, 0.6) is 5.75 Å². The number of rotatable bonds is 2. The van der Waals surface area contributed by atoms with Crippen molar-refractivity contribution in [3.8, 4) is 5.75 Å². The summed E-state index contributed by atoms with van der Waals surface area (Å²) in [5, 5.41) is 0.136. The lowest BCUT2D eigenvalue weighted by Gasteiger charge is -2.03. The van der Waals surface area contributed by atoms with Gasteiger partial charge in [0.05, 0.1) is 7.11 Å². The summed E-state index contributed by atoms with van der Waals surface area (Å²) >= 11 is 5.49. The Morgan fingerprint density at radius 1 is 1.46 bits per heavy atom. The zero-order valence-electron chi connectivity index (χ0n) is 6.62. The molecule has 0 heterocycles. The van der Waals surface area contributed by atoms with Gasteiger partial charge in [-0.25, -0.2) is 0 Å². The Labute approximate surface area is 80.3 Å². The fourth-order valence-corrected chi connectivity index (χ4v) is 1.74. The molecule has 0 fully saturated rings. The second kappa shape index (κ2) is 3.51. The van der Waals surface area contributed by atoms with Crippen LogP contribution in [0.25, 0.3) is 0 Å². The van der Waals surface area contributed by atoms with Gasteiger partial charge in [-0.2, -0.15) is 8.42 Å². The van der Waals surface area contributed by atoms with Crippen LogP contribution in [0.1, 0.15) is 0 Å². The molecule has 0 saturated carbocycles. The Morgan fingerprint density at radius 3 is 2.54 bits per heavy atom. The zero-order chi connectivity index (χ0) is 10.1. The summed E-state index contributed by atoms with van der Waals surface area (Å²) in [7, 11) is -3.53. The molecule has 72 valence electrons. The lowest BCUT2D eigenvalue weighted by atomic mass is 10.3. The van der Waals surface area contributed by atoms with Crippen molar-refractivity contribution in [3.05, 3.63) is 23.2 Å². The molecule has 0 radical (unpaired) electrons. The maximum atomic E-state index is 12.6. The summed E-state index contributed by atoms with van der Waals surface area (Å²) in [6, 6.07) is 3.69. The molecule has 6 heteroatoms. The van der Waals surface area contributed by atoms with Crippen molar-refractivity contribution >= 4 is 21.8 Å². The van der Waals surface area contributed by atoms with Crippen LogP contribution in [-0.4, -0.2) is 15.5 Å². The van der Waals surface area contributed by atoms with E-state index >= 15 is 0 Å². The van der Waals surface area contributed by atoms with Crippen molar-refractivity contribution in [2.45, 2.75) is 4.90 Å². The van der Waals surface area contributed by atoms with E-state index in [1.54, 1.807) is 0 Å². The Morgan fingerprint density at radius 2 is 2.08 bits per heavy atom. The van der Waals surface area contributed by atoms with Crippen LogP contribution in [0.15, 0.2) is 23.1 Å². The van der Waals surface area contributed by atoms with E-state index in [1.807, 2.05) is 0 Å². The topological polar surface area (TPSA) is 43.4 Å². The Balaban J connectivity index is 3.41. The van der Waals surface area contributed by atoms with E-state index in [4.69, 9.17) is 11.6 Å². The molecular formula is C7H6ClFO3S. The number of benzene rings is 1. The molecule has 0 aliphatic rings. The van der Waals surface area contributed by atoms with E-state index < -0.39 is 15.1 Å². The molecule has 0 aromatic heterocycles. The summed E-state index contributed by atoms with van der Waals surface area (Å²) in [5.74, 6) is -0.0631. The predicted octanol–water partition coefficient (Wildman–Crippen LogP) is 2.01. The highest BCUT2D eigenvalue weighted by Gasteiger charge is 2.18. The summed E-state index contributed by atoms with van der Waals surface area (Å²) < 4.78 is 38.4. The van der Waals surface area contributed by atoms with Crippen LogP contribution in [0, 0.1) is 0 Å². The van der Waals surface area contributed by atoms with Crippen LogP contribution in [0.3, 0.4) is 0 Å². The van der Waals surface area contributed by atoms with Crippen LogP contribution in [0.2, 0.25) is 5.02 Å². The van der Waals surface area contributed by atoms with Crippen molar-refractivity contribution in [1.29, 1.82) is 0 Å². The monoisotopic (exact) mass is 224 g/mol. The molecule has 1 aromatic carbocycles. The maximum Gasteiger partial charge on any atom is 0.335 e. The van der Waals surface area contributed by atoms with Gasteiger partial charge in [-0.05, 0) is 18.2 Å². The molecule has 0 N–H and O–H groups in total. The molecule has 3 nitrogen and oxygen atoms in total. The minimum Gasteiger partial charge on any atom is -0.495 e. The summed E-state index contributed by atoms with van der Waals surface area (Å²) in [5.41, 5.74) is 0. The Hall–Kier alpha value is -0.810. The minimum atomic E-state index is -4.78. The van der Waals surface area contributed by atoms with Crippen LogP contribution < -0.4 is 4.74 Å². The quantitative estimate of drug-likeness (QED) is 0.722. The molecule has 1 rings (SSSR count). The average molecular weight is 225 g/mol. The van der Waals surface area contributed by atoms with E-state index in [9.17, 15) is 12.3 Å². The van der Waals surface area contributed by atoms with Gasteiger partial charge in [0.1, 0.15) is 10.6 Å². The average Bonchev–Trinajstić information content (AvgIpc) is 2.03. The highest BCUT2D eigenvalue weighted by molar-refractivity contribution is 7.86. The van der Waals surface area contributed by atoms with Gasteiger partial charge in [-0.15, -0.1) is 3.89 Å². The van der Waals surface area contributed by atoms with E-state index in [-0.39, 0.29) is 10.8 Å². The van der Waals surface area contributed by atoms with Gasteiger partial charge in [-0.1, -0.05) is 11.6 Å². The number of methoxy groups -OCH3 is 1. The first-order valence-electron chi connectivity index (χ1n) is 3.23. The maximum absolute atomic E-state index is 12.6. The minimum absolute atomic E-state index is 0.0631. The molecule has 0 amide bonds. The number of hydrogen-bond acceptors (Lipinski definition) is 3. The first-order valence-corrected chi connectivity index (χ1v) is 4.99. The largest absolute Gasteiger partial charge is 0.495 e. The van der Waals surface area contributed by atoms with Gasteiger partial charge < -0.3 is 4.74 Å². The van der Waals surface area contributed by atoms with E-state index in [0.29, 0.717) is 0 Å². The van der Waals surface area contributed by atoms with E-state index in [1.165, 1.54) is 19.2 Å². The molecule has 0 aliphatic carbocycles. The summed E-state index contributed by atoms with van der Waals surface area (Å²) in [6.45, 7) is 0. The Kier molecular flexibility index (Phi) is 2.77. The predicted molar refractivity (Wildman–Crippen MR) is 46.3 cm³/mol. The normalized spacial score (nSPS) is 11.3. The van der Waals surface area contributed by atoms with Crippen LogP contribution in [-0.2, 0) is 10.2 Å². The first-order chi connectivity index (χ1) is 5.95. The SMILES string of the molecule is COc1ccc(Cl)cc1S(=O)(=O)F. The second-order valence-corrected chi connectivity index (χ2v) is 3.98. The van der Waals surface area contributed by atoms with Gasteiger partial charge in [-0.3, -0.25) is 0 Å². The van der Waals surface area contributed by atoms with Crippen molar-refractivity contribution < 1.29 is 17.0 Å². The van der Waals surface area contributed by atoms with Gasteiger partial charge in [0.2, 0.25) is 0 Å². The number of halogens is 2. The molecule has 1 aromatic rings. The summed E-state index contributed by atoms with van der Waals surface area (Å²) in [4.78, 5) is -0.553. The van der Waals surface area contributed by atoms with Crippen molar-refractivity contribution in [1.82, 2.24) is 0 Å². The molecule has 13 heavy (non-hydrogen) atoms. The third-order valence-electron chi connectivity index (χ3n) is 1.39. The lowest BCUT2D eigenvalue weighted by Crippen LogP contribution is -1.96. The lowest BCUT2D eigenvalue weighted by molar-refractivity contribution is 0.401. The molecule has 0 spiro atoms. The highest BCUT2D eigenvalue weighted by atomic mass is 35.5. The number of ether oxygens (including phenoxy) is 1. The van der Waals surface area contributed by atoms with Crippen molar-refractivity contribution in [2.24, 2.45) is 0 Å². The summed E-state index contributed by atoms with van der Waals surface area (Å²) in [6.07, 6.45) is 0. The second-order valence-electron chi connectivity index (χ2n) is 2.23. The van der Waals surface area contributed by atoms with E-state index in [2.05, 4.69) is 4.74 Å². The van der Waals surface area contributed by atoms with Gasteiger partial charge in [0.25, 0.3) is 0 Å². The third-order valence-corrected chi connectivity index (χ3v) is 2.47. The van der Waals surface area contributed by atoms with Crippen LogP contribution >= 0.6 is 11.6 Å². The first kappa shape index (κ1) is 10.3. The fraction of sp³-hybridized carbons (Fsp3) is 0.143. The molecule has 0 bridgehead atoms. The third kappa shape index (κ3) is 2.32. The standard InChI is InChI=1S/C7H6ClFO3S/c1-12-6-3-2-5(8)4-7(6)13(9,10)11/h2-4H,1H3. The van der Waals surface area contributed by atoms with Gasteiger partial charge >= 0.3 is 10.2 Å². The van der Waals surface area contributed by atoms with Crippen LogP contribution in [0.4, 0.5) is 3.89 Å². The van der Waals surface area contributed by atoms with Crippen molar-refractivity contribution in [2.75, 3.05) is 7.11 Å².